The minimum absolute atomic E-state index is 0.431. The van der Waals surface area contributed by atoms with Crippen LogP contribution in [-0.4, -0.2) is 19.6 Å². The molecular formula is C8H17NO2. The molecule has 0 heterocycles. The summed E-state index contributed by atoms with van der Waals surface area (Å²) in [5, 5.41) is 0. The van der Waals surface area contributed by atoms with Crippen LogP contribution in [0.25, 0.3) is 0 Å². The molecule has 3 heteroatoms. The molecule has 0 aliphatic heterocycles. The van der Waals surface area contributed by atoms with Gasteiger partial charge in [-0.1, -0.05) is 6.42 Å². The van der Waals surface area contributed by atoms with Crippen molar-refractivity contribution in [1.82, 2.24) is 0 Å². The summed E-state index contributed by atoms with van der Waals surface area (Å²) in [5.74, 6) is 0.894. The van der Waals surface area contributed by atoms with E-state index in [1.807, 2.05) is 0 Å². The molecule has 0 unspecified atom stereocenters. The predicted octanol–water partition coefficient (Wildman–Crippen LogP) is 0.924. The molecule has 0 bridgehead atoms. The second-order valence-corrected chi connectivity index (χ2v) is 2.58. The molecule has 11 heavy (non-hydrogen) atoms. The van der Waals surface area contributed by atoms with E-state index in [1.54, 1.807) is 6.92 Å². The van der Waals surface area contributed by atoms with E-state index in [9.17, 15) is 4.79 Å². The third kappa shape index (κ3) is 5.85. The van der Waals surface area contributed by atoms with E-state index in [2.05, 4.69) is 4.74 Å². The van der Waals surface area contributed by atoms with Gasteiger partial charge in [-0.2, -0.15) is 0 Å². The summed E-state index contributed by atoms with van der Waals surface area (Å²) in [6, 6.07) is 0. The van der Waals surface area contributed by atoms with Gasteiger partial charge in [0.25, 0.3) is 6.47 Å². The Morgan fingerprint density at radius 2 is 2.27 bits per heavy atom. The van der Waals surface area contributed by atoms with Crippen molar-refractivity contribution in [2.75, 3.05) is 13.2 Å². The molecule has 0 radical (unpaired) electrons. The van der Waals surface area contributed by atoms with Gasteiger partial charge in [0.1, 0.15) is 0 Å². The van der Waals surface area contributed by atoms with Crippen LogP contribution >= 0.6 is 0 Å². The molecule has 1 fully saturated rings. The first kappa shape index (κ1) is 10.4. The maximum atomic E-state index is 9.18. The van der Waals surface area contributed by atoms with Gasteiger partial charge in [-0.25, -0.2) is 0 Å². The minimum Gasteiger partial charge on any atom is -0.468 e. The second kappa shape index (κ2) is 7.54. The zero-order chi connectivity index (χ0) is 8.53. The largest absolute Gasteiger partial charge is 0.468 e. The average molecular weight is 159 g/mol. The van der Waals surface area contributed by atoms with E-state index < -0.39 is 0 Å². The highest BCUT2D eigenvalue weighted by Gasteiger charge is 2.13. The summed E-state index contributed by atoms with van der Waals surface area (Å²) < 4.78 is 4.15. The Balaban J connectivity index is 0.000000187. The maximum Gasteiger partial charge on any atom is 0.293 e. The van der Waals surface area contributed by atoms with Crippen LogP contribution in [0, 0.1) is 5.92 Å². The molecule has 1 aliphatic carbocycles. The van der Waals surface area contributed by atoms with Crippen LogP contribution in [0.5, 0.6) is 0 Å². The minimum atomic E-state index is 0.431. The lowest BCUT2D eigenvalue weighted by molar-refractivity contribution is -0.128. The van der Waals surface area contributed by atoms with Crippen molar-refractivity contribution < 1.29 is 9.53 Å². The molecule has 0 spiro atoms. The molecule has 66 valence electrons. The molecule has 0 aromatic rings. The summed E-state index contributed by atoms with van der Waals surface area (Å²) in [6.07, 6.45) is 4.19. The van der Waals surface area contributed by atoms with Crippen molar-refractivity contribution in [1.29, 1.82) is 0 Å². The van der Waals surface area contributed by atoms with E-state index in [0.717, 1.165) is 12.5 Å². The van der Waals surface area contributed by atoms with Crippen LogP contribution in [0.2, 0.25) is 0 Å². The summed E-state index contributed by atoms with van der Waals surface area (Å²) in [5.41, 5.74) is 5.33. The summed E-state index contributed by atoms with van der Waals surface area (Å²) >= 11 is 0. The van der Waals surface area contributed by atoms with Crippen molar-refractivity contribution in [3.05, 3.63) is 0 Å². The molecule has 2 N–H and O–H groups in total. The Morgan fingerprint density at radius 1 is 1.64 bits per heavy atom. The van der Waals surface area contributed by atoms with Gasteiger partial charge in [-0.3, -0.25) is 4.79 Å². The van der Waals surface area contributed by atoms with Crippen LogP contribution in [0.1, 0.15) is 26.2 Å². The Morgan fingerprint density at radius 3 is 2.27 bits per heavy atom. The fourth-order valence-corrected chi connectivity index (χ4v) is 0.797. The van der Waals surface area contributed by atoms with E-state index in [-0.39, 0.29) is 0 Å². The van der Waals surface area contributed by atoms with Gasteiger partial charge in [0.2, 0.25) is 0 Å². The standard InChI is InChI=1S/C5H11N.C3H6O2/c6-4-5-2-1-3-5;1-2-5-3-4/h5H,1-4,6H2;3H,2H2,1H3. The molecule has 1 rings (SSSR count). The Bertz CT molecular complexity index is 89.3. The zero-order valence-electron chi connectivity index (χ0n) is 7.08. The van der Waals surface area contributed by atoms with Crippen molar-refractivity contribution in [3.63, 3.8) is 0 Å². The van der Waals surface area contributed by atoms with Gasteiger partial charge in [-0.15, -0.1) is 0 Å². The highest BCUT2D eigenvalue weighted by Crippen LogP contribution is 2.24. The zero-order valence-corrected chi connectivity index (χ0v) is 7.08. The van der Waals surface area contributed by atoms with Gasteiger partial charge in [0.15, 0.2) is 0 Å². The van der Waals surface area contributed by atoms with Gasteiger partial charge in [-0.05, 0) is 32.2 Å². The fraction of sp³-hybridized carbons (Fsp3) is 0.875. The van der Waals surface area contributed by atoms with E-state index >= 15 is 0 Å². The molecule has 0 atom stereocenters. The number of carbonyl (C=O) groups excluding carboxylic acids is 1. The molecule has 0 aromatic carbocycles. The van der Waals surface area contributed by atoms with E-state index in [4.69, 9.17) is 5.73 Å². The normalized spacial score (nSPS) is 15.8. The molecule has 1 saturated carbocycles. The molecule has 3 nitrogen and oxygen atoms in total. The van der Waals surface area contributed by atoms with Crippen LogP contribution in [-0.2, 0) is 9.53 Å². The van der Waals surface area contributed by atoms with Crippen LogP contribution in [0.15, 0.2) is 0 Å². The number of rotatable bonds is 3. The lowest BCUT2D eigenvalue weighted by atomic mass is 9.86. The van der Waals surface area contributed by atoms with E-state index in [0.29, 0.717) is 13.1 Å². The van der Waals surface area contributed by atoms with Crippen molar-refractivity contribution in [3.8, 4) is 0 Å². The maximum absolute atomic E-state index is 9.18. The molecule has 0 amide bonds. The highest BCUT2D eigenvalue weighted by atomic mass is 16.5. The van der Waals surface area contributed by atoms with E-state index in [1.165, 1.54) is 19.3 Å². The smallest absolute Gasteiger partial charge is 0.293 e. The SMILES string of the molecule is CCOC=O.NCC1CCC1. The number of hydrogen-bond acceptors (Lipinski definition) is 3. The Labute approximate surface area is 67.9 Å². The molecule has 1 aliphatic rings. The summed E-state index contributed by atoms with van der Waals surface area (Å²) in [4.78, 5) is 9.18. The van der Waals surface area contributed by atoms with Crippen molar-refractivity contribution >= 4 is 6.47 Å². The lowest BCUT2D eigenvalue weighted by Gasteiger charge is -2.22. The molecule has 0 saturated heterocycles. The van der Waals surface area contributed by atoms with Crippen LogP contribution < -0.4 is 5.73 Å². The van der Waals surface area contributed by atoms with Gasteiger partial charge >= 0.3 is 0 Å². The molecular weight excluding hydrogens is 142 g/mol. The Kier molecular flexibility index (Phi) is 7.15. The second-order valence-electron chi connectivity index (χ2n) is 2.58. The first-order valence-corrected chi connectivity index (χ1v) is 4.10. The molecule has 0 aromatic heterocycles. The van der Waals surface area contributed by atoms with Gasteiger partial charge < -0.3 is 10.5 Å². The third-order valence-corrected chi connectivity index (χ3v) is 1.79. The van der Waals surface area contributed by atoms with Crippen LogP contribution in [0.4, 0.5) is 0 Å². The predicted molar refractivity (Wildman–Crippen MR) is 44.1 cm³/mol. The van der Waals surface area contributed by atoms with Gasteiger partial charge in [0, 0.05) is 0 Å². The Hall–Kier alpha value is -0.570. The van der Waals surface area contributed by atoms with Gasteiger partial charge in [0.05, 0.1) is 6.61 Å². The average Bonchev–Trinajstić information content (AvgIpc) is 1.88. The monoisotopic (exact) mass is 159 g/mol. The summed E-state index contributed by atoms with van der Waals surface area (Å²) in [7, 11) is 0. The number of nitrogens with two attached hydrogens (primary N) is 1. The topological polar surface area (TPSA) is 52.3 Å². The number of hydrogen-bond donors (Lipinski definition) is 1. The van der Waals surface area contributed by atoms with Crippen LogP contribution in [0.3, 0.4) is 0 Å². The summed E-state index contributed by atoms with van der Waals surface area (Å²) in [6.45, 7) is 3.58. The van der Waals surface area contributed by atoms with Crippen molar-refractivity contribution in [2.45, 2.75) is 26.2 Å². The quantitative estimate of drug-likeness (QED) is 0.623. The fourth-order valence-electron chi connectivity index (χ4n) is 0.797. The van der Waals surface area contributed by atoms with Crippen molar-refractivity contribution in [2.24, 2.45) is 11.7 Å². The first-order chi connectivity index (χ1) is 5.35. The first-order valence-electron chi connectivity index (χ1n) is 4.10. The number of ether oxygens (including phenoxy) is 1. The highest BCUT2D eigenvalue weighted by molar-refractivity contribution is 5.36. The third-order valence-electron chi connectivity index (χ3n) is 1.79. The number of carbonyl (C=O) groups is 1. The lowest BCUT2D eigenvalue weighted by Crippen LogP contribution is -2.20.